The normalized spacial score (nSPS) is 28.5. The maximum Gasteiger partial charge on any atom is 0.0716 e. The Morgan fingerprint density at radius 3 is 2.82 bits per heavy atom. The van der Waals surface area contributed by atoms with Crippen molar-refractivity contribution in [3.8, 4) is 0 Å². The maximum absolute atomic E-state index is 6.15. The van der Waals surface area contributed by atoms with Gasteiger partial charge >= 0.3 is 0 Å². The molecule has 2 unspecified atom stereocenters. The van der Waals surface area contributed by atoms with Crippen molar-refractivity contribution in [1.82, 2.24) is 0 Å². The molecule has 0 fully saturated rings. The number of hydrogen-bond acceptors (Lipinski definition) is 0. The molecule has 0 aliphatic heterocycles. The van der Waals surface area contributed by atoms with Gasteiger partial charge in [0.15, 0.2) is 0 Å². The van der Waals surface area contributed by atoms with E-state index >= 15 is 0 Å². The average molecular weight is 232 g/mol. The molecule has 0 saturated carbocycles. The number of fused-ring (bicyclic) bond motifs is 1. The van der Waals surface area contributed by atoms with Crippen molar-refractivity contribution in [1.29, 1.82) is 0 Å². The fourth-order valence-corrected chi connectivity index (χ4v) is 2.43. The molecule has 0 nitrogen and oxygen atoms in total. The molecule has 1 aliphatic carbocycles. The Bertz CT molecular complexity index is 272. The number of halogens is 2. The average Bonchev–Trinajstić information content (AvgIpc) is 2.30. The van der Waals surface area contributed by atoms with Crippen LogP contribution in [0.15, 0.2) is 24.3 Å². The summed E-state index contributed by atoms with van der Waals surface area (Å²) < 4.78 is 0. The lowest BCUT2D eigenvalue weighted by molar-refractivity contribution is 0.922. The van der Waals surface area contributed by atoms with Crippen LogP contribution in [-0.4, -0.2) is 4.83 Å². The summed E-state index contributed by atoms with van der Waals surface area (Å²) in [6.45, 7) is 0. The van der Waals surface area contributed by atoms with E-state index in [4.69, 9.17) is 11.6 Å². The second-order valence-corrected chi connectivity index (χ2v) is 4.47. The van der Waals surface area contributed by atoms with E-state index in [9.17, 15) is 0 Å². The fourth-order valence-electron chi connectivity index (χ4n) is 1.50. The molecule has 0 bridgehead atoms. The Kier molecular flexibility index (Phi) is 1.94. The zero-order chi connectivity index (χ0) is 7.84. The highest BCUT2D eigenvalue weighted by Gasteiger charge is 2.27. The van der Waals surface area contributed by atoms with Gasteiger partial charge in [-0.3, -0.25) is 0 Å². The van der Waals surface area contributed by atoms with Gasteiger partial charge in [0.2, 0.25) is 0 Å². The smallest absolute Gasteiger partial charge is 0.0716 e. The largest absolute Gasteiger partial charge is 0.117 e. The molecule has 0 aromatic heterocycles. The fraction of sp³-hybridized carbons (Fsp3) is 0.333. The lowest BCUT2D eigenvalue weighted by atomic mass is 10.1. The molecular formula is C9H8BrCl. The second-order valence-electron chi connectivity index (χ2n) is 2.82. The van der Waals surface area contributed by atoms with Crippen LogP contribution in [0.4, 0.5) is 0 Å². The molecule has 0 heterocycles. The molecule has 0 N–H and O–H groups in total. The molecule has 1 aromatic carbocycles. The molecule has 1 aliphatic rings. The van der Waals surface area contributed by atoms with Crippen LogP contribution in [0.25, 0.3) is 0 Å². The van der Waals surface area contributed by atoms with Crippen molar-refractivity contribution in [3.63, 3.8) is 0 Å². The van der Waals surface area contributed by atoms with Crippen molar-refractivity contribution in [2.75, 3.05) is 0 Å². The molecule has 0 saturated heterocycles. The predicted octanol–water partition coefficient (Wildman–Crippen LogP) is 3.29. The molecule has 11 heavy (non-hydrogen) atoms. The zero-order valence-electron chi connectivity index (χ0n) is 5.93. The molecule has 2 heteroatoms. The van der Waals surface area contributed by atoms with Gasteiger partial charge in [-0.15, -0.1) is 11.6 Å². The minimum absolute atomic E-state index is 0.159. The van der Waals surface area contributed by atoms with Crippen LogP contribution in [0.5, 0.6) is 0 Å². The Morgan fingerprint density at radius 2 is 2.09 bits per heavy atom. The highest BCUT2D eigenvalue weighted by Crippen LogP contribution is 2.39. The first-order valence-electron chi connectivity index (χ1n) is 3.65. The van der Waals surface area contributed by atoms with Crippen molar-refractivity contribution in [2.45, 2.75) is 16.6 Å². The van der Waals surface area contributed by atoms with E-state index in [1.54, 1.807) is 0 Å². The number of hydrogen-bond donors (Lipinski definition) is 0. The van der Waals surface area contributed by atoms with Gasteiger partial charge in [0.25, 0.3) is 0 Å². The predicted molar refractivity (Wildman–Crippen MR) is 51.5 cm³/mol. The standard InChI is InChI=1S/C9H8BrCl/c10-8-5-6-3-1-2-4-7(6)9(8)11/h1-4,8-9H,5H2. The van der Waals surface area contributed by atoms with E-state index in [1.165, 1.54) is 11.1 Å². The third kappa shape index (κ3) is 1.21. The van der Waals surface area contributed by atoms with Gasteiger partial charge in [0.1, 0.15) is 0 Å². The molecule has 0 radical (unpaired) electrons. The quantitative estimate of drug-likeness (QED) is 0.601. The van der Waals surface area contributed by atoms with Crippen molar-refractivity contribution < 1.29 is 0 Å². The summed E-state index contributed by atoms with van der Waals surface area (Å²) in [7, 11) is 0. The van der Waals surface area contributed by atoms with Gasteiger partial charge in [-0.2, -0.15) is 0 Å². The Hall–Kier alpha value is -0.0100. The topological polar surface area (TPSA) is 0 Å². The molecule has 0 spiro atoms. The summed E-state index contributed by atoms with van der Waals surface area (Å²) in [6.07, 6.45) is 1.06. The lowest BCUT2D eigenvalue weighted by Crippen LogP contribution is -1.97. The Labute approximate surface area is 79.7 Å². The maximum atomic E-state index is 6.15. The lowest BCUT2D eigenvalue weighted by Gasteiger charge is -2.04. The highest BCUT2D eigenvalue weighted by atomic mass is 79.9. The molecule has 0 amide bonds. The summed E-state index contributed by atoms with van der Waals surface area (Å²) in [5, 5.41) is 0.159. The van der Waals surface area contributed by atoms with Crippen LogP contribution in [0.3, 0.4) is 0 Å². The molecule has 2 rings (SSSR count). The van der Waals surface area contributed by atoms with Crippen molar-refractivity contribution >= 4 is 27.5 Å². The molecule has 1 aromatic rings. The number of benzene rings is 1. The second kappa shape index (κ2) is 2.80. The van der Waals surface area contributed by atoms with Crippen molar-refractivity contribution in [2.24, 2.45) is 0 Å². The van der Waals surface area contributed by atoms with Gasteiger partial charge in [-0.05, 0) is 17.5 Å². The van der Waals surface area contributed by atoms with Gasteiger partial charge in [0.05, 0.1) is 5.38 Å². The van der Waals surface area contributed by atoms with Gasteiger partial charge in [-0.1, -0.05) is 40.2 Å². The van der Waals surface area contributed by atoms with Gasteiger partial charge in [0, 0.05) is 4.83 Å². The first-order valence-corrected chi connectivity index (χ1v) is 5.00. The van der Waals surface area contributed by atoms with Crippen LogP contribution in [0, 0.1) is 0 Å². The SMILES string of the molecule is ClC1c2ccccc2CC1Br. The number of rotatable bonds is 0. The first-order chi connectivity index (χ1) is 5.29. The first kappa shape index (κ1) is 7.63. The van der Waals surface area contributed by atoms with Crippen LogP contribution in [-0.2, 0) is 6.42 Å². The van der Waals surface area contributed by atoms with E-state index in [0.717, 1.165) is 6.42 Å². The summed E-state index contributed by atoms with van der Waals surface area (Å²) in [4.78, 5) is 0.418. The Balaban J connectivity index is 2.47. The summed E-state index contributed by atoms with van der Waals surface area (Å²) >= 11 is 9.70. The van der Waals surface area contributed by atoms with Crippen LogP contribution < -0.4 is 0 Å². The minimum Gasteiger partial charge on any atom is -0.117 e. The minimum atomic E-state index is 0.159. The van der Waals surface area contributed by atoms with E-state index < -0.39 is 0 Å². The van der Waals surface area contributed by atoms with Crippen LogP contribution in [0.1, 0.15) is 16.5 Å². The summed E-state index contributed by atoms with van der Waals surface area (Å²) in [6, 6.07) is 8.35. The monoisotopic (exact) mass is 230 g/mol. The van der Waals surface area contributed by atoms with E-state index in [1.807, 2.05) is 6.07 Å². The van der Waals surface area contributed by atoms with E-state index in [0.29, 0.717) is 4.83 Å². The van der Waals surface area contributed by atoms with E-state index in [-0.39, 0.29) is 5.38 Å². The third-order valence-corrected chi connectivity index (χ3v) is 3.78. The van der Waals surface area contributed by atoms with Crippen LogP contribution in [0.2, 0.25) is 0 Å². The third-order valence-electron chi connectivity index (χ3n) is 2.08. The van der Waals surface area contributed by atoms with Crippen molar-refractivity contribution in [3.05, 3.63) is 35.4 Å². The number of alkyl halides is 2. The highest BCUT2D eigenvalue weighted by molar-refractivity contribution is 9.09. The van der Waals surface area contributed by atoms with Gasteiger partial charge in [-0.25, -0.2) is 0 Å². The zero-order valence-corrected chi connectivity index (χ0v) is 8.27. The summed E-state index contributed by atoms with van der Waals surface area (Å²) in [5.41, 5.74) is 2.67. The van der Waals surface area contributed by atoms with Crippen LogP contribution >= 0.6 is 27.5 Å². The van der Waals surface area contributed by atoms with E-state index in [2.05, 4.69) is 34.1 Å². The molecular weight excluding hydrogens is 223 g/mol. The molecule has 58 valence electrons. The summed E-state index contributed by atoms with van der Waals surface area (Å²) in [5.74, 6) is 0. The van der Waals surface area contributed by atoms with Gasteiger partial charge < -0.3 is 0 Å². The Morgan fingerprint density at radius 1 is 1.36 bits per heavy atom. The molecule has 2 atom stereocenters.